The lowest BCUT2D eigenvalue weighted by Crippen LogP contribution is -2.21. The maximum Gasteiger partial charge on any atom is 0.262 e. The van der Waals surface area contributed by atoms with E-state index in [9.17, 15) is 15.3 Å². The Hall–Kier alpha value is -4.14. The molecule has 2 aromatic heterocycles. The fourth-order valence-electron chi connectivity index (χ4n) is 4.33. The molecule has 36 heavy (non-hydrogen) atoms. The molecule has 2 N–H and O–H groups in total. The summed E-state index contributed by atoms with van der Waals surface area (Å²) in [5.74, 6) is 0.691. The topological polar surface area (TPSA) is 118 Å². The van der Waals surface area contributed by atoms with Gasteiger partial charge < -0.3 is 10.5 Å². The van der Waals surface area contributed by atoms with Gasteiger partial charge >= 0.3 is 0 Å². The number of hydrogen-bond donors (Lipinski definition) is 1. The summed E-state index contributed by atoms with van der Waals surface area (Å²) in [7, 11) is 1.59. The minimum Gasteiger partial charge on any atom is -0.497 e. The number of nitrogens with zero attached hydrogens (tertiary/aromatic N) is 4. The first-order chi connectivity index (χ1) is 17.5. The highest BCUT2D eigenvalue weighted by molar-refractivity contribution is 7.18. The molecular formula is C28H27N5O2S. The molecule has 0 spiro atoms. The maximum absolute atomic E-state index is 13.2. The number of rotatable bonds is 9. The number of aromatic nitrogens is 2. The van der Waals surface area contributed by atoms with Crippen LogP contribution in [0.3, 0.4) is 0 Å². The Morgan fingerprint density at radius 2 is 1.89 bits per heavy atom. The van der Waals surface area contributed by atoms with E-state index >= 15 is 0 Å². The molecule has 4 rings (SSSR count). The van der Waals surface area contributed by atoms with E-state index in [-0.39, 0.29) is 22.4 Å². The van der Waals surface area contributed by atoms with Gasteiger partial charge in [0.15, 0.2) is 0 Å². The molecule has 0 amide bonds. The van der Waals surface area contributed by atoms with Gasteiger partial charge in [-0.05, 0) is 54.7 Å². The van der Waals surface area contributed by atoms with Crippen molar-refractivity contribution >= 4 is 27.2 Å². The van der Waals surface area contributed by atoms with Crippen molar-refractivity contribution in [2.24, 2.45) is 0 Å². The number of unbranched alkanes of at least 4 members (excludes halogenated alkanes) is 2. The zero-order chi connectivity index (χ0) is 25.7. The number of benzene rings is 2. The van der Waals surface area contributed by atoms with Crippen molar-refractivity contribution in [3.05, 3.63) is 74.6 Å². The Morgan fingerprint density at radius 3 is 2.56 bits per heavy atom. The van der Waals surface area contributed by atoms with Crippen molar-refractivity contribution < 1.29 is 4.74 Å². The van der Waals surface area contributed by atoms with E-state index in [1.54, 1.807) is 35.4 Å². The Kier molecular flexibility index (Phi) is 7.68. The predicted octanol–water partition coefficient (Wildman–Crippen LogP) is 5.43. The van der Waals surface area contributed by atoms with E-state index in [2.05, 4.69) is 24.0 Å². The highest BCUT2D eigenvalue weighted by Crippen LogP contribution is 2.35. The molecular weight excluding hydrogens is 470 g/mol. The van der Waals surface area contributed by atoms with Gasteiger partial charge in [-0.2, -0.15) is 10.5 Å². The number of nitrogens with two attached hydrogens (primary N) is 1. The molecule has 0 saturated carbocycles. The number of methoxy groups -OCH3 is 1. The van der Waals surface area contributed by atoms with Crippen molar-refractivity contribution in [1.29, 1.82) is 10.5 Å². The predicted molar refractivity (Wildman–Crippen MR) is 143 cm³/mol. The second-order valence-corrected chi connectivity index (χ2v) is 9.70. The van der Waals surface area contributed by atoms with Crippen LogP contribution in [0.15, 0.2) is 47.5 Å². The molecule has 0 fully saturated rings. The fraction of sp³-hybridized carbons (Fsp3) is 0.286. The molecule has 2 heterocycles. The number of nitriles is 2. The third-order valence-electron chi connectivity index (χ3n) is 6.28. The van der Waals surface area contributed by atoms with Crippen LogP contribution < -0.4 is 16.0 Å². The lowest BCUT2D eigenvalue weighted by molar-refractivity contribution is 0.415. The Balaban J connectivity index is 1.70. The Morgan fingerprint density at radius 1 is 1.11 bits per heavy atom. The standard InChI is InChI=1S/C28H27N5O2S/c1-3-4-5-6-22-14-23-27(36-22)32-17-33(28(23)34)12-11-19-13-20(15-29)26(31)24(16-30)25(19)18-7-9-21(35-2)10-8-18/h7-10,13-14,17H,3-6,11-12,31H2,1-2H3. The second-order valence-electron chi connectivity index (χ2n) is 8.58. The first-order valence-corrected chi connectivity index (χ1v) is 12.7. The van der Waals surface area contributed by atoms with Gasteiger partial charge in [-0.25, -0.2) is 4.98 Å². The number of anilines is 1. The van der Waals surface area contributed by atoms with Gasteiger partial charge in [-0.15, -0.1) is 11.3 Å². The summed E-state index contributed by atoms with van der Waals surface area (Å²) in [6.45, 7) is 2.52. The highest BCUT2D eigenvalue weighted by atomic mass is 32.1. The van der Waals surface area contributed by atoms with Crippen LogP contribution in [0.5, 0.6) is 5.75 Å². The van der Waals surface area contributed by atoms with Gasteiger partial charge in [0, 0.05) is 17.0 Å². The van der Waals surface area contributed by atoms with E-state index in [0.717, 1.165) is 35.2 Å². The maximum atomic E-state index is 13.2. The molecule has 0 saturated heterocycles. The van der Waals surface area contributed by atoms with Gasteiger partial charge in [0.25, 0.3) is 5.56 Å². The van der Waals surface area contributed by atoms with E-state index in [4.69, 9.17) is 10.5 Å². The fourth-order valence-corrected chi connectivity index (χ4v) is 5.36. The van der Waals surface area contributed by atoms with Crippen LogP contribution in [-0.4, -0.2) is 16.7 Å². The normalized spacial score (nSPS) is 10.8. The average Bonchev–Trinajstić information content (AvgIpc) is 3.32. The summed E-state index contributed by atoms with van der Waals surface area (Å²) in [5.41, 5.74) is 8.96. The Labute approximate surface area is 214 Å². The van der Waals surface area contributed by atoms with Gasteiger partial charge in [-0.3, -0.25) is 9.36 Å². The minimum absolute atomic E-state index is 0.0829. The van der Waals surface area contributed by atoms with Crippen LogP contribution in [-0.2, 0) is 19.4 Å². The zero-order valence-electron chi connectivity index (χ0n) is 20.4. The number of nitrogen functional groups attached to an aromatic ring is 1. The number of fused-ring (bicyclic) bond motifs is 1. The van der Waals surface area contributed by atoms with Gasteiger partial charge in [0.2, 0.25) is 0 Å². The number of hydrogen-bond acceptors (Lipinski definition) is 7. The molecule has 0 unspecified atom stereocenters. The third-order valence-corrected chi connectivity index (χ3v) is 7.38. The van der Waals surface area contributed by atoms with Crippen LogP contribution in [0.2, 0.25) is 0 Å². The van der Waals surface area contributed by atoms with Gasteiger partial charge in [0.05, 0.1) is 35.6 Å². The third kappa shape index (κ3) is 4.95. The molecule has 0 aliphatic carbocycles. The first-order valence-electron chi connectivity index (χ1n) is 11.9. The van der Waals surface area contributed by atoms with Gasteiger partial charge in [-0.1, -0.05) is 31.9 Å². The number of aryl methyl sites for hydroxylation is 3. The second kappa shape index (κ2) is 11.1. The summed E-state index contributed by atoms with van der Waals surface area (Å²) in [4.78, 5) is 19.7. The van der Waals surface area contributed by atoms with Crippen LogP contribution in [0, 0.1) is 22.7 Å². The van der Waals surface area contributed by atoms with Crippen molar-refractivity contribution in [2.45, 2.75) is 45.6 Å². The van der Waals surface area contributed by atoms with E-state index < -0.39 is 0 Å². The van der Waals surface area contributed by atoms with Crippen LogP contribution in [0.25, 0.3) is 21.3 Å². The highest BCUT2D eigenvalue weighted by Gasteiger charge is 2.19. The number of ether oxygens (including phenoxy) is 1. The molecule has 0 bridgehead atoms. The molecule has 0 atom stereocenters. The van der Waals surface area contributed by atoms with E-state index in [1.165, 1.54) is 11.3 Å². The average molecular weight is 498 g/mol. The number of thiophene rings is 1. The van der Waals surface area contributed by atoms with Crippen LogP contribution in [0.1, 0.15) is 47.8 Å². The van der Waals surface area contributed by atoms with Crippen LogP contribution >= 0.6 is 11.3 Å². The zero-order valence-corrected chi connectivity index (χ0v) is 21.2. The molecule has 0 aliphatic rings. The summed E-state index contributed by atoms with van der Waals surface area (Å²) >= 11 is 1.58. The molecule has 7 nitrogen and oxygen atoms in total. The lowest BCUT2D eigenvalue weighted by Gasteiger charge is -2.16. The first kappa shape index (κ1) is 25.0. The van der Waals surface area contributed by atoms with Crippen molar-refractivity contribution in [2.75, 3.05) is 12.8 Å². The van der Waals surface area contributed by atoms with Crippen molar-refractivity contribution in [3.8, 4) is 29.0 Å². The van der Waals surface area contributed by atoms with E-state index in [1.807, 2.05) is 30.3 Å². The summed E-state index contributed by atoms with van der Waals surface area (Å²) < 4.78 is 6.85. The monoisotopic (exact) mass is 497 g/mol. The smallest absolute Gasteiger partial charge is 0.262 e. The summed E-state index contributed by atoms with van der Waals surface area (Å²) in [6.07, 6.45) is 6.38. The van der Waals surface area contributed by atoms with Gasteiger partial charge in [0.1, 0.15) is 22.7 Å². The largest absolute Gasteiger partial charge is 0.497 e. The Bertz CT molecular complexity index is 1540. The van der Waals surface area contributed by atoms with Crippen molar-refractivity contribution in [3.63, 3.8) is 0 Å². The lowest BCUT2D eigenvalue weighted by atomic mass is 9.89. The molecule has 0 aliphatic heterocycles. The molecule has 4 aromatic rings. The summed E-state index contributed by atoms with van der Waals surface area (Å²) in [5, 5.41) is 20.1. The molecule has 2 aromatic carbocycles. The minimum atomic E-state index is -0.0829. The quantitative estimate of drug-likeness (QED) is 0.243. The van der Waals surface area contributed by atoms with Crippen molar-refractivity contribution in [1.82, 2.24) is 9.55 Å². The molecule has 182 valence electrons. The SMILES string of the molecule is CCCCCc1cc2c(=O)n(CCc3cc(C#N)c(N)c(C#N)c3-c3ccc(OC)cc3)cnc2s1. The van der Waals surface area contributed by atoms with Crippen LogP contribution in [0.4, 0.5) is 5.69 Å². The molecule has 8 heteroatoms. The van der Waals surface area contributed by atoms with E-state index in [0.29, 0.717) is 29.7 Å². The summed E-state index contributed by atoms with van der Waals surface area (Å²) in [6, 6.07) is 15.3. The molecule has 0 radical (unpaired) electrons.